The molecular formula is C38H8B16O. The van der Waals surface area contributed by atoms with E-state index in [1.54, 1.807) is 0 Å². The Morgan fingerprint density at radius 3 is 0.891 bits per heavy atom. The van der Waals surface area contributed by atoms with Gasteiger partial charge in [0, 0.05) is 10.8 Å². The van der Waals surface area contributed by atoms with Crippen LogP contribution in [0.4, 0.5) is 0 Å². The summed E-state index contributed by atoms with van der Waals surface area (Å²) in [4.78, 5) is 0. The molecule has 1 aromatic heterocycles. The van der Waals surface area contributed by atoms with E-state index in [1.165, 1.54) is 0 Å². The van der Waals surface area contributed by atoms with Crippen LogP contribution >= 0.6 is 0 Å². The Bertz CT molecular complexity index is 2940. The van der Waals surface area contributed by atoms with Gasteiger partial charge in [0.1, 0.15) is 137 Å². The second kappa shape index (κ2) is 13.2. The molecule has 0 fully saturated rings. The molecule has 0 aliphatic carbocycles. The van der Waals surface area contributed by atoms with Gasteiger partial charge in [0.05, 0.1) is 0 Å². The summed E-state index contributed by atoms with van der Waals surface area (Å²) in [5.41, 5.74) is 3.76. The van der Waals surface area contributed by atoms with Crippen LogP contribution in [0.25, 0.3) is 76.9 Å². The van der Waals surface area contributed by atoms with Crippen LogP contribution in [0, 0.1) is 0 Å². The lowest BCUT2D eigenvalue weighted by atomic mass is 9.57. The summed E-state index contributed by atoms with van der Waals surface area (Å²) in [5.74, 6) is 0. The molecule has 55 heavy (non-hydrogen) atoms. The minimum absolute atomic E-state index is 0.00178. The fourth-order valence-corrected chi connectivity index (χ4v) is 7.82. The zero-order valence-corrected chi connectivity index (χ0v) is 29.3. The minimum Gasteiger partial charge on any atom is -0.457 e. The van der Waals surface area contributed by atoms with Crippen LogP contribution < -0.4 is 87.4 Å². The van der Waals surface area contributed by atoms with Crippen molar-refractivity contribution in [1.29, 1.82) is 0 Å². The molecule has 17 heteroatoms. The van der Waals surface area contributed by atoms with Crippen molar-refractivity contribution >= 4 is 256 Å². The zero-order chi connectivity index (χ0) is 39.7. The smallest absolute Gasteiger partial charge is 0.128 e. The Balaban J connectivity index is 1.53. The normalized spacial score (nSPS) is 11.7. The highest BCUT2D eigenvalue weighted by molar-refractivity contribution is 6.72. The van der Waals surface area contributed by atoms with Crippen LogP contribution in [-0.4, -0.2) is 126 Å². The molecule has 0 unspecified atom stereocenters. The molecule has 32 radical (unpaired) electrons. The van der Waals surface area contributed by atoms with E-state index in [0.29, 0.717) is 38.4 Å². The van der Waals surface area contributed by atoms with Crippen LogP contribution in [0.1, 0.15) is 0 Å². The number of rotatable bonds is 3. The van der Waals surface area contributed by atoms with E-state index in [9.17, 15) is 0 Å². The molecule has 1 heterocycles. The van der Waals surface area contributed by atoms with Crippen LogP contribution in [0.5, 0.6) is 0 Å². The van der Waals surface area contributed by atoms with E-state index in [0.717, 1.165) is 10.8 Å². The van der Waals surface area contributed by atoms with Gasteiger partial charge in [-0.25, -0.2) is 0 Å². The average molecular weight is 653 g/mol. The fraction of sp³-hybridized carbons (Fsp3) is 0. The van der Waals surface area contributed by atoms with Crippen molar-refractivity contribution in [3.8, 4) is 33.4 Å². The van der Waals surface area contributed by atoms with E-state index in [-0.39, 0.29) is 115 Å². The summed E-state index contributed by atoms with van der Waals surface area (Å²) >= 11 is 0. The molecule has 0 saturated heterocycles. The maximum absolute atomic E-state index is 7.18. The zero-order valence-electron chi connectivity index (χ0n) is 29.3. The molecule has 0 N–H and O–H groups in total. The standard InChI is InChI=1S/C38H8B16O/c39-21-15(13-9-5-1-3-7-11(9)14(12-8-4-2-6-10(12)13)16-23(41)30(48)34(52)31(49)24(16)42)27(45)36(54)38-19(21)20-28(46)22(40)18(29(47)37(20)55-38)17-25(43)32(50)35(53)33(51)26(17)44/h1-8H. The maximum atomic E-state index is 7.18. The molecule has 0 amide bonds. The van der Waals surface area contributed by atoms with E-state index in [2.05, 4.69) is 0 Å². The van der Waals surface area contributed by atoms with E-state index in [1.807, 2.05) is 48.5 Å². The minimum atomic E-state index is -0.00569. The van der Waals surface area contributed by atoms with Crippen molar-refractivity contribution in [3.05, 3.63) is 48.5 Å². The highest BCUT2D eigenvalue weighted by Gasteiger charge is 2.27. The Hall–Kier alpha value is -4.10. The van der Waals surface area contributed by atoms with E-state index in [4.69, 9.17) is 130 Å². The van der Waals surface area contributed by atoms with Crippen molar-refractivity contribution in [3.63, 3.8) is 0 Å². The first-order valence-electron chi connectivity index (χ1n) is 16.7. The summed E-state index contributed by atoms with van der Waals surface area (Å²) in [7, 11) is 105. The maximum Gasteiger partial charge on any atom is 0.128 e. The first-order chi connectivity index (χ1) is 26.0. The van der Waals surface area contributed by atoms with Crippen LogP contribution in [-0.2, 0) is 0 Å². The monoisotopic (exact) mass is 656 g/mol. The molecule has 214 valence electrons. The van der Waals surface area contributed by atoms with Crippen molar-refractivity contribution in [2.24, 2.45) is 0 Å². The third-order valence-electron chi connectivity index (χ3n) is 10.7. The fourth-order valence-electron chi connectivity index (χ4n) is 7.82. The molecule has 8 aromatic rings. The number of hydrogen-bond acceptors (Lipinski definition) is 1. The number of fused-ring (bicyclic) bond motifs is 5. The van der Waals surface area contributed by atoms with Gasteiger partial charge >= 0.3 is 0 Å². The van der Waals surface area contributed by atoms with Gasteiger partial charge in [-0.15, -0.1) is 32.8 Å². The topological polar surface area (TPSA) is 13.1 Å². The van der Waals surface area contributed by atoms with Crippen LogP contribution in [0.2, 0.25) is 0 Å². The predicted molar refractivity (Wildman–Crippen MR) is 251 cm³/mol. The number of hydrogen-bond donors (Lipinski definition) is 0. The third-order valence-corrected chi connectivity index (χ3v) is 10.7. The van der Waals surface area contributed by atoms with Gasteiger partial charge < -0.3 is 4.42 Å². The summed E-state index contributed by atoms with van der Waals surface area (Å²) in [6, 6.07) is 15.2. The average Bonchev–Trinajstić information content (AvgIpc) is 3.60. The summed E-state index contributed by atoms with van der Waals surface area (Å²) in [6.07, 6.45) is 0. The molecule has 1 nitrogen and oxygen atoms in total. The molecule has 8 rings (SSSR count). The van der Waals surface area contributed by atoms with Gasteiger partial charge in [0.2, 0.25) is 0 Å². The Morgan fingerprint density at radius 1 is 0.236 bits per heavy atom. The van der Waals surface area contributed by atoms with Gasteiger partial charge in [-0.05, 0) is 60.4 Å². The van der Waals surface area contributed by atoms with Crippen LogP contribution in [0.15, 0.2) is 52.9 Å². The highest BCUT2D eigenvalue weighted by Crippen LogP contribution is 2.42. The lowest BCUT2D eigenvalue weighted by Gasteiger charge is -2.26. The second-order valence-corrected chi connectivity index (χ2v) is 13.5. The molecule has 0 bridgehead atoms. The second-order valence-electron chi connectivity index (χ2n) is 13.5. The largest absolute Gasteiger partial charge is 0.457 e. The molecule has 0 saturated carbocycles. The van der Waals surface area contributed by atoms with Crippen molar-refractivity contribution < 1.29 is 4.42 Å². The summed E-state index contributed by atoms with van der Waals surface area (Å²) < 4.78 is 6.36. The third kappa shape index (κ3) is 5.10. The SMILES string of the molecule is [B]c1c([B])c([B])c(-c2c([B])c([B])c3c(oc4c([B])c([B])c(-c5c6ccccc6c(-c6c([B])c([B])c([B])c([B])c6[B])c6ccccc56)c([B])c43)c2[B])c([B])c1[B]. The van der Waals surface area contributed by atoms with Gasteiger partial charge in [0.15, 0.2) is 0 Å². The van der Waals surface area contributed by atoms with Crippen molar-refractivity contribution in [2.75, 3.05) is 0 Å². The van der Waals surface area contributed by atoms with Crippen LogP contribution in [0.3, 0.4) is 0 Å². The molecule has 0 spiro atoms. The predicted octanol–water partition coefficient (Wildman–Crippen LogP) is -8.41. The summed E-state index contributed by atoms with van der Waals surface area (Å²) in [6.45, 7) is 0. The first-order valence-corrected chi connectivity index (χ1v) is 16.7. The van der Waals surface area contributed by atoms with Gasteiger partial charge in [-0.1, -0.05) is 97.7 Å². The van der Waals surface area contributed by atoms with Crippen molar-refractivity contribution in [1.82, 2.24) is 0 Å². The Labute approximate surface area is 341 Å². The lowest BCUT2D eigenvalue weighted by Crippen LogP contribution is -2.56. The highest BCUT2D eigenvalue weighted by atomic mass is 16.3. The Morgan fingerprint density at radius 2 is 0.491 bits per heavy atom. The number of benzene rings is 7. The van der Waals surface area contributed by atoms with Crippen molar-refractivity contribution in [2.45, 2.75) is 0 Å². The first kappa shape index (κ1) is 37.8. The molecule has 0 aliphatic rings. The van der Waals surface area contributed by atoms with Gasteiger partial charge in [-0.3, -0.25) is 0 Å². The molecular weight excluding hydrogens is 645 g/mol. The quantitative estimate of drug-likeness (QED) is 0.137. The van der Waals surface area contributed by atoms with Gasteiger partial charge in [-0.2, -0.15) is 0 Å². The van der Waals surface area contributed by atoms with Gasteiger partial charge in [0.25, 0.3) is 0 Å². The van der Waals surface area contributed by atoms with E-state index >= 15 is 0 Å². The molecule has 0 aliphatic heterocycles. The Kier molecular flexibility index (Phi) is 9.11. The van der Waals surface area contributed by atoms with E-state index < -0.39 is 0 Å². The molecule has 7 aromatic carbocycles. The number of furan rings is 1. The summed E-state index contributed by atoms with van der Waals surface area (Å²) in [5, 5.41) is 3.48. The molecule has 0 atom stereocenters. The lowest BCUT2D eigenvalue weighted by molar-refractivity contribution is 0.675.